The van der Waals surface area contributed by atoms with Crippen molar-refractivity contribution in [2.45, 2.75) is 50.7 Å². The van der Waals surface area contributed by atoms with Crippen molar-refractivity contribution in [2.75, 3.05) is 19.7 Å². The maximum absolute atomic E-state index is 13.3. The molecule has 1 atom stereocenters. The van der Waals surface area contributed by atoms with Crippen molar-refractivity contribution >= 4 is 11.8 Å². The van der Waals surface area contributed by atoms with Gasteiger partial charge in [-0.2, -0.15) is 0 Å². The number of carbonyl (C=O) groups excluding carboxylic acids is 2. The molecule has 2 amide bonds. The maximum atomic E-state index is 13.3. The molecule has 0 aromatic heterocycles. The highest BCUT2D eigenvalue weighted by Crippen LogP contribution is 2.29. The van der Waals surface area contributed by atoms with Gasteiger partial charge in [0.1, 0.15) is 0 Å². The highest BCUT2D eigenvalue weighted by Gasteiger charge is 2.46. The Labute approximate surface area is 178 Å². The average Bonchev–Trinajstić information content (AvgIpc) is 3.59. The Kier molecular flexibility index (Phi) is 6.18. The molecule has 1 aliphatic carbocycles. The summed E-state index contributed by atoms with van der Waals surface area (Å²) in [6.07, 6.45) is 3.79. The van der Waals surface area contributed by atoms with Gasteiger partial charge in [0.05, 0.1) is 13.2 Å². The standard InChI is InChI=1S/C25H30N2O3/c1-2-7-23(28)27-14-15-30-25(18-27,24(29)26-22-12-13-22)17-19-8-6-11-21(16-19)20-9-4-3-5-10-20/h3-6,8-11,16,22H,2,7,12-15,17-18H2,1H3,(H,26,29). The maximum Gasteiger partial charge on any atom is 0.254 e. The van der Waals surface area contributed by atoms with Crippen LogP contribution >= 0.6 is 0 Å². The summed E-state index contributed by atoms with van der Waals surface area (Å²) in [6.45, 7) is 3.23. The molecule has 1 unspecified atom stereocenters. The van der Waals surface area contributed by atoms with E-state index in [2.05, 4.69) is 29.6 Å². The molecule has 1 heterocycles. The van der Waals surface area contributed by atoms with E-state index in [-0.39, 0.29) is 17.9 Å². The summed E-state index contributed by atoms with van der Waals surface area (Å²) in [5, 5.41) is 3.12. The number of morpholine rings is 1. The number of rotatable bonds is 7. The van der Waals surface area contributed by atoms with Crippen molar-refractivity contribution < 1.29 is 14.3 Å². The molecule has 0 bridgehead atoms. The zero-order valence-corrected chi connectivity index (χ0v) is 17.6. The second-order valence-electron chi connectivity index (χ2n) is 8.40. The summed E-state index contributed by atoms with van der Waals surface area (Å²) in [7, 11) is 0. The fourth-order valence-corrected chi connectivity index (χ4v) is 4.06. The summed E-state index contributed by atoms with van der Waals surface area (Å²) >= 11 is 0. The first kappa shape index (κ1) is 20.6. The molecule has 158 valence electrons. The third kappa shape index (κ3) is 4.73. The first-order chi connectivity index (χ1) is 14.6. The second kappa shape index (κ2) is 9.00. The molecular formula is C25H30N2O3. The number of carbonyl (C=O) groups is 2. The van der Waals surface area contributed by atoms with E-state index >= 15 is 0 Å². The third-order valence-corrected chi connectivity index (χ3v) is 5.85. The lowest BCUT2D eigenvalue weighted by Gasteiger charge is -2.42. The van der Waals surface area contributed by atoms with Crippen LogP contribution in [0, 0.1) is 0 Å². The number of nitrogens with one attached hydrogen (secondary N) is 1. The lowest BCUT2D eigenvalue weighted by molar-refractivity contribution is -0.166. The van der Waals surface area contributed by atoms with Crippen molar-refractivity contribution in [1.29, 1.82) is 0 Å². The van der Waals surface area contributed by atoms with Gasteiger partial charge in [-0.05, 0) is 36.0 Å². The number of hydrogen-bond donors (Lipinski definition) is 1. The molecular weight excluding hydrogens is 376 g/mol. The molecule has 0 spiro atoms. The van der Waals surface area contributed by atoms with Gasteiger partial charge in [0.25, 0.3) is 5.91 Å². The Morgan fingerprint density at radius 2 is 1.87 bits per heavy atom. The predicted octanol–water partition coefficient (Wildman–Crippen LogP) is 3.57. The molecule has 1 saturated heterocycles. The van der Waals surface area contributed by atoms with Gasteiger partial charge in [-0.25, -0.2) is 0 Å². The molecule has 2 aliphatic rings. The molecule has 5 heteroatoms. The molecule has 30 heavy (non-hydrogen) atoms. The van der Waals surface area contributed by atoms with E-state index < -0.39 is 5.60 Å². The molecule has 2 fully saturated rings. The number of benzene rings is 2. The van der Waals surface area contributed by atoms with Gasteiger partial charge in [-0.1, -0.05) is 61.5 Å². The van der Waals surface area contributed by atoms with E-state index in [1.54, 1.807) is 4.90 Å². The summed E-state index contributed by atoms with van der Waals surface area (Å²) in [5.74, 6) is 0.00606. The number of amides is 2. The van der Waals surface area contributed by atoms with E-state index in [4.69, 9.17) is 4.74 Å². The number of nitrogens with zero attached hydrogens (tertiary/aromatic N) is 1. The first-order valence-electron chi connectivity index (χ1n) is 11.0. The van der Waals surface area contributed by atoms with Gasteiger partial charge in [-0.15, -0.1) is 0 Å². The monoisotopic (exact) mass is 406 g/mol. The molecule has 5 nitrogen and oxygen atoms in total. The van der Waals surface area contributed by atoms with Crippen molar-refractivity contribution in [3.63, 3.8) is 0 Å². The first-order valence-corrected chi connectivity index (χ1v) is 11.0. The largest absolute Gasteiger partial charge is 0.361 e. The van der Waals surface area contributed by atoms with Crippen molar-refractivity contribution in [1.82, 2.24) is 10.2 Å². The Morgan fingerprint density at radius 3 is 2.60 bits per heavy atom. The molecule has 1 aliphatic heterocycles. The number of ether oxygens (including phenoxy) is 1. The molecule has 2 aromatic carbocycles. The lowest BCUT2D eigenvalue weighted by Crippen LogP contribution is -2.62. The molecule has 2 aromatic rings. The van der Waals surface area contributed by atoms with Gasteiger partial charge >= 0.3 is 0 Å². The van der Waals surface area contributed by atoms with Gasteiger partial charge in [0, 0.05) is 25.4 Å². The van der Waals surface area contributed by atoms with E-state index in [0.717, 1.165) is 36.0 Å². The summed E-state index contributed by atoms with van der Waals surface area (Å²) in [5.41, 5.74) is 2.24. The van der Waals surface area contributed by atoms with Crippen molar-refractivity contribution in [2.24, 2.45) is 0 Å². The normalized spacial score (nSPS) is 21.3. The van der Waals surface area contributed by atoms with Gasteiger partial charge in [0.15, 0.2) is 5.60 Å². The third-order valence-electron chi connectivity index (χ3n) is 5.85. The van der Waals surface area contributed by atoms with Crippen LogP contribution in [0.15, 0.2) is 54.6 Å². The highest BCUT2D eigenvalue weighted by atomic mass is 16.5. The van der Waals surface area contributed by atoms with Crippen LogP contribution in [0.25, 0.3) is 11.1 Å². The molecule has 1 saturated carbocycles. The quantitative estimate of drug-likeness (QED) is 0.765. The van der Waals surface area contributed by atoms with Crippen molar-refractivity contribution in [3.05, 3.63) is 60.2 Å². The Balaban J connectivity index is 1.60. The van der Waals surface area contributed by atoms with Gasteiger partial charge in [-0.3, -0.25) is 9.59 Å². The topological polar surface area (TPSA) is 58.6 Å². The minimum absolute atomic E-state index is 0.0934. The van der Waals surface area contributed by atoms with Crippen LogP contribution in [0.4, 0.5) is 0 Å². The fourth-order valence-electron chi connectivity index (χ4n) is 4.06. The number of hydrogen-bond acceptors (Lipinski definition) is 3. The predicted molar refractivity (Wildman–Crippen MR) is 117 cm³/mol. The average molecular weight is 407 g/mol. The Bertz CT molecular complexity index is 894. The van der Waals surface area contributed by atoms with Gasteiger partial charge in [0.2, 0.25) is 5.91 Å². The summed E-state index contributed by atoms with van der Waals surface area (Å²) in [6, 6.07) is 18.7. The lowest BCUT2D eigenvalue weighted by atomic mass is 9.89. The van der Waals surface area contributed by atoms with E-state index in [9.17, 15) is 9.59 Å². The van der Waals surface area contributed by atoms with Crippen LogP contribution in [0.3, 0.4) is 0 Å². The fraction of sp³-hybridized carbons (Fsp3) is 0.440. The summed E-state index contributed by atoms with van der Waals surface area (Å²) < 4.78 is 6.16. The van der Waals surface area contributed by atoms with E-state index in [1.807, 2.05) is 37.3 Å². The minimum Gasteiger partial charge on any atom is -0.361 e. The SMILES string of the molecule is CCCC(=O)N1CCOC(Cc2cccc(-c3ccccc3)c2)(C(=O)NC2CC2)C1. The Hall–Kier alpha value is -2.66. The Morgan fingerprint density at radius 1 is 1.10 bits per heavy atom. The molecule has 0 radical (unpaired) electrons. The highest BCUT2D eigenvalue weighted by molar-refractivity contribution is 5.88. The molecule has 1 N–H and O–H groups in total. The molecule has 4 rings (SSSR count). The van der Waals surface area contributed by atoms with Crippen LogP contribution in [-0.2, 0) is 20.7 Å². The zero-order valence-electron chi connectivity index (χ0n) is 17.6. The minimum atomic E-state index is -1.04. The van der Waals surface area contributed by atoms with Crippen LogP contribution in [0.5, 0.6) is 0 Å². The van der Waals surface area contributed by atoms with Crippen LogP contribution in [0.1, 0.15) is 38.2 Å². The van der Waals surface area contributed by atoms with E-state index in [0.29, 0.717) is 32.5 Å². The van der Waals surface area contributed by atoms with Crippen LogP contribution in [-0.4, -0.2) is 48.1 Å². The van der Waals surface area contributed by atoms with Gasteiger partial charge < -0.3 is 15.0 Å². The zero-order chi connectivity index (χ0) is 21.0. The van der Waals surface area contributed by atoms with Crippen LogP contribution in [0.2, 0.25) is 0 Å². The van der Waals surface area contributed by atoms with E-state index in [1.165, 1.54) is 0 Å². The smallest absolute Gasteiger partial charge is 0.254 e. The second-order valence-corrected chi connectivity index (χ2v) is 8.40. The van der Waals surface area contributed by atoms with Crippen LogP contribution < -0.4 is 5.32 Å². The van der Waals surface area contributed by atoms with Crippen molar-refractivity contribution in [3.8, 4) is 11.1 Å². The summed E-state index contributed by atoms with van der Waals surface area (Å²) in [4.78, 5) is 27.7.